The van der Waals surface area contributed by atoms with Gasteiger partial charge in [0, 0.05) is 25.0 Å². The lowest BCUT2D eigenvalue weighted by Crippen LogP contribution is -2.39. The van der Waals surface area contributed by atoms with Crippen molar-refractivity contribution in [3.8, 4) is 0 Å². The van der Waals surface area contributed by atoms with Gasteiger partial charge in [0.2, 0.25) is 0 Å². The van der Waals surface area contributed by atoms with E-state index < -0.39 is 0 Å². The molecule has 3 fully saturated rings. The number of nitrogens with zero attached hydrogens (tertiary/aromatic N) is 1. The molecule has 0 aromatic carbocycles. The molecule has 2 atom stereocenters. The van der Waals surface area contributed by atoms with E-state index in [1.165, 1.54) is 76.3 Å². The summed E-state index contributed by atoms with van der Waals surface area (Å²) in [7, 11) is 0. The Bertz CT molecular complexity index is 248. The molecular formula is C15H26BrN. The molecule has 3 aliphatic rings. The maximum Gasteiger partial charge on any atom is 0.0100 e. The fourth-order valence-electron chi connectivity index (χ4n) is 4.57. The van der Waals surface area contributed by atoms with Crippen LogP contribution in [-0.4, -0.2) is 29.9 Å². The lowest BCUT2D eigenvalue weighted by atomic mass is 9.75. The lowest BCUT2D eigenvalue weighted by Gasteiger charge is -2.39. The zero-order valence-corrected chi connectivity index (χ0v) is 12.6. The van der Waals surface area contributed by atoms with Gasteiger partial charge >= 0.3 is 0 Å². The summed E-state index contributed by atoms with van der Waals surface area (Å²) in [6, 6.07) is 0. The lowest BCUT2D eigenvalue weighted by molar-refractivity contribution is 0.138. The minimum absolute atomic E-state index is 0.622. The second-order valence-electron chi connectivity index (χ2n) is 6.84. The van der Waals surface area contributed by atoms with Gasteiger partial charge in [-0.05, 0) is 42.9 Å². The van der Waals surface area contributed by atoms with Crippen LogP contribution in [0.25, 0.3) is 0 Å². The highest BCUT2D eigenvalue weighted by Gasteiger charge is 2.40. The summed E-state index contributed by atoms with van der Waals surface area (Å²) in [5.74, 6) is 2.12. The number of halogens is 1. The van der Waals surface area contributed by atoms with E-state index in [0.29, 0.717) is 5.41 Å². The molecule has 98 valence electrons. The third-order valence-electron chi connectivity index (χ3n) is 5.56. The highest BCUT2D eigenvalue weighted by Crippen LogP contribution is 2.42. The van der Waals surface area contributed by atoms with E-state index >= 15 is 0 Å². The van der Waals surface area contributed by atoms with Crippen LogP contribution in [0, 0.1) is 17.3 Å². The summed E-state index contributed by atoms with van der Waals surface area (Å²) >= 11 is 3.81. The SMILES string of the molecule is BrCC1(CN2CC3CCCC3C2)CCCCC1. The average Bonchev–Trinajstić information content (AvgIpc) is 2.91. The Kier molecular flexibility index (Phi) is 3.82. The second-order valence-corrected chi connectivity index (χ2v) is 7.40. The van der Waals surface area contributed by atoms with Crippen molar-refractivity contribution in [3.63, 3.8) is 0 Å². The average molecular weight is 300 g/mol. The Morgan fingerprint density at radius 3 is 2.18 bits per heavy atom. The Hall–Kier alpha value is 0.440. The van der Waals surface area contributed by atoms with Crippen LogP contribution in [0.15, 0.2) is 0 Å². The van der Waals surface area contributed by atoms with Gasteiger partial charge in [-0.1, -0.05) is 41.6 Å². The van der Waals surface area contributed by atoms with Crippen molar-refractivity contribution in [1.29, 1.82) is 0 Å². The molecule has 0 aromatic rings. The van der Waals surface area contributed by atoms with Gasteiger partial charge in [0.1, 0.15) is 0 Å². The Morgan fingerprint density at radius 2 is 1.59 bits per heavy atom. The van der Waals surface area contributed by atoms with E-state index in [4.69, 9.17) is 0 Å². The predicted octanol–water partition coefficient (Wildman–Crippen LogP) is 4.06. The quantitative estimate of drug-likeness (QED) is 0.710. The smallest absolute Gasteiger partial charge is 0.0100 e. The Morgan fingerprint density at radius 1 is 0.941 bits per heavy atom. The number of likely N-dealkylation sites (tertiary alicyclic amines) is 1. The third kappa shape index (κ3) is 2.58. The van der Waals surface area contributed by atoms with Crippen molar-refractivity contribution < 1.29 is 0 Å². The molecule has 2 aliphatic carbocycles. The molecule has 1 saturated heterocycles. The van der Waals surface area contributed by atoms with Crippen LogP contribution in [0.3, 0.4) is 0 Å². The third-order valence-corrected chi connectivity index (χ3v) is 6.75. The number of rotatable bonds is 3. The van der Waals surface area contributed by atoms with Gasteiger partial charge in [-0.2, -0.15) is 0 Å². The van der Waals surface area contributed by atoms with E-state index in [0.717, 1.165) is 11.8 Å². The van der Waals surface area contributed by atoms with Gasteiger partial charge in [-0.15, -0.1) is 0 Å². The van der Waals surface area contributed by atoms with Gasteiger partial charge in [-0.3, -0.25) is 0 Å². The summed E-state index contributed by atoms with van der Waals surface area (Å²) in [5.41, 5.74) is 0.622. The van der Waals surface area contributed by atoms with Crippen LogP contribution in [0.5, 0.6) is 0 Å². The van der Waals surface area contributed by atoms with Gasteiger partial charge < -0.3 is 4.90 Å². The first-order valence-electron chi connectivity index (χ1n) is 7.60. The zero-order chi connectivity index (χ0) is 11.7. The normalized spacial score (nSPS) is 37.2. The highest BCUT2D eigenvalue weighted by atomic mass is 79.9. The van der Waals surface area contributed by atoms with Crippen LogP contribution in [0.1, 0.15) is 51.4 Å². The standard InChI is InChI=1S/C15H26BrN/c16-11-15(7-2-1-3-8-15)12-17-9-13-5-4-6-14(13)10-17/h13-14H,1-12H2. The second kappa shape index (κ2) is 5.21. The van der Waals surface area contributed by atoms with Crippen LogP contribution >= 0.6 is 15.9 Å². The molecule has 0 amide bonds. The van der Waals surface area contributed by atoms with Crippen LogP contribution in [0.4, 0.5) is 0 Å². The maximum atomic E-state index is 3.81. The van der Waals surface area contributed by atoms with E-state index in [2.05, 4.69) is 20.8 Å². The molecule has 3 rings (SSSR count). The van der Waals surface area contributed by atoms with Crippen LogP contribution in [0.2, 0.25) is 0 Å². The van der Waals surface area contributed by atoms with Crippen molar-refractivity contribution in [1.82, 2.24) is 4.90 Å². The fourth-order valence-corrected chi connectivity index (χ4v) is 5.31. The number of hydrogen-bond acceptors (Lipinski definition) is 1. The number of alkyl halides is 1. The molecule has 2 unspecified atom stereocenters. The summed E-state index contributed by atoms with van der Waals surface area (Å²) in [5, 5.41) is 1.23. The summed E-state index contributed by atoms with van der Waals surface area (Å²) in [6.07, 6.45) is 11.9. The predicted molar refractivity (Wildman–Crippen MR) is 76.6 cm³/mol. The van der Waals surface area contributed by atoms with Crippen molar-refractivity contribution in [2.45, 2.75) is 51.4 Å². The first-order chi connectivity index (χ1) is 8.31. The van der Waals surface area contributed by atoms with E-state index in [1.807, 2.05) is 0 Å². The molecular weight excluding hydrogens is 274 g/mol. The minimum atomic E-state index is 0.622. The summed E-state index contributed by atoms with van der Waals surface area (Å²) in [4.78, 5) is 2.81. The first-order valence-corrected chi connectivity index (χ1v) is 8.72. The monoisotopic (exact) mass is 299 g/mol. The molecule has 2 saturated carbocycles. The largest absolute Gasteiger partial charge is 0.302 e. The molecule has 0 aromatic heterocycles. The number of fused-ring (bicyclic) bond motifs is 1. The Balaban J connectivity index is 1.58. The first kappa shape index (κ1) is 12.5. The van der Waals surface area contributed by atoms with Crippen molar-refractivity contribution in [2.75, 3.05) is 25.0 Å². The molecule has 0 bridgehead atoms. The van der Waals surface area contributed by atoms with Crippen molar-refractivity contribution in [2.24, 2.45) is 17.3 Å². The number of hydrogen-bond donors (Lipinski definition) is 0. The summed E-state index contributed by atoms with van der Waals surface area (Å²) in [6.45, 7) is 4.21. The molecule has 1 nitrogen and oxygen atoms in total. The van der Waals surface area contributed by atoms with E-state index in [-0.39, 0.29) is 0 Å². The summed E-state index contributed by atoms with van der Waals surface area (Å²) < 4.78 is 0. The molecule has 1 heterocycles. The molecule has 17 heavy (non-hydrogen) atoms. The van der Waals surface area contributed by atoms with Crippen LogP contribution in [-0.2, 0) is 0 Å². The molecule has 2 heteroatoms. The molecule has 0 radical (unpaired) electrons. The van der Waals surface area contributed by atoms with Crippen molar-refractivity contribution in [3.05, 3.63) is 0 Å². The van der Waals surface area contributed by atoms with Gasteiger partial charge in [0.15, 0.2) is 0 Å². The van der Waals surface area contributed by atoms with Crippen molar-refractivity contribution >= 4 is 15.9 Å². The van der Waals surface area contributed by atoms with Gasteiger partial charge in [0.05, 0.1) is 0 Å². The molecule has 0 spiro atoms. The fraction of sp³-hybridized carbons (Fsp3) is 1.00. The van der Waals surface area contributed by atoms with Crippen LogP contribution < -0.4 is 0 Å². The Labute approximate surface area is 114 Å². The molecule has 0 N–H and O–H groups in total. The van der Waals surface area contributed by atoms with Gasteiger partial charge in [-0.25, -0.2) is 0 Å². The topological polar surface area (TPSA) is 3.24 Å². The minimum Gasteiger partial charge on any atom is -0.302 e. The van der Waals surface area contributed by atoms with E-state index in [1.54, 1.807) is 0 Å². The highest BCUT2D eigenvalue weighted by molar-refractivity contribution is 9.09. The zero-order valence-electron chi connectivity index (χ0n) is 11.0. The van der Waals surface area contributed by atoms with E-state index in [9.17, 15) is 0 Å². The maximum absolute atomic E-state index is 3.81. The molecule has 1 aliphatic heterocycles. The van der Waals surface area contributed by atoms with Gasteiger partial charge in [0.25, 0.3) is 0 Å².